The molecular weight excluding hydrogens is 310 g/mol. The van der Waals surface area contributed by atoms with E-state index in [2.05, 4.69) is 42.2 Å². The summed E-state index contributed by atoms with van der Waals surface area (Å²) in [5.74, 6) is 3.27. The molecule has 0 aliphatic rings. The molecule has 0 spiro atoms. The Morgan fingerprint density at radius 2 is 2.42 bits per heavy atom. The van der Waals surface area contributed by atoms with Gasteiger partial charge in [0.25, 0.3) is 5.56 Å². The van der Waals surface area contributed by atoms with Crippen LogP contribution >= 0.6 is 15.9 Å². The normalized spacial score (nSPS) is 10.1. The fraction of sp³-hybridized carbons (Fsp3) is 0.250. The van der Waals surface area contributed by atoms with Gasteiger partial charge < -0.3 is 10.3 Å². The summed E-state index contributed by atoms with van der Waals surface area (Å²) in [4.78, 5) is 19.0. The van der Waals surface area contributed by atoms with E-state index in [9.17, 15) is 4.79 Å². The number of terminal acetylenes is 1. The van der Waals surface area contributed by atoms with Crippen molar-refractivity contribution in [2.45, 2.75) is 13.0 Å². The topological polar surface area (TPSA) is 75.6 Å². The number of nitrogens with zero attached hydrogens (tertiary/aromatic N) is 3. The third kappa shape index (κ3) is 3.23. The van der Waals surface area contributed by atoms with E-state index in [-0.39, 0.29) is 12.1 Å². The van der Waals surface area contributed by atoms with Crippen LogP contribution in [-0.4, -0.2) is 26.3 Å². The Morgan fingerprint density at radius 1 is 1.58 bits per heavy atom. The molecule has 0 amide bonds. The van der Waals surface area contributed by atoms with Crippen molar-refractivity contribution in [1.29, 1.82) is 0 Å². The minimum Gasteiger partial charge on any atom is -0.382 e. The molecule has 2 rings (SSSR count). The molecule has 19 heavy (non-hydrogen) atoms. The average molecular weight is 322 g/mol. The summed E-state index contributed by atoms with van der Waals surface area (Å²) in [6.45, 7) is 0.802. The summed E-state index contributed by atoms with van der Waals surface area (Å²) in [6, 6.07) is 0. The van der Waals surface area contributed by atoms with E-state index in [1.165, 1.54) is 4.68 Å². The Labute approximate surface area is 118 Å². The number of hydrogen-bond acceptors (Lipinski definition) is 4. The van der Waals surface area contributed by atoms with Gasteiger partial charge in [-0.15, -0.1) is 6.42 Å². The Hall–Kier alpha value is -2.07. The second-order valence-electron chi connectivity index (χ2n) is 3.75. The summed E-state index contributed by atoms with van der Waals surface area (Å²) in [6.07, 6.45) is 10.9. The van der Waals surface area contributed by atoms with Crippen LogP contribution < -0.4 is 10.9 Å². The van der Waals surface area contributed by atoms with Crippen molar-refractivity contribution in [2.24, 2.45) is 0 Å². The molecule has 0 saturated carbocycles. The molecule has 2 N–H and O–H groups in total. The molecule has 2 heterocycles. The molecular formula is C12H12BrN5O. The molecule has 0 radical (unpaired) electrons. The summed E-state index contributed by atoms with van der Waals surface area (Å²) in [5, 5.41) is 7.12. The maximum atomic E-state index is 11.9. The SMILES string of the molecule is C#CCn1ncc(NCCc2ncc[nH]2)c(Br)c1=O. The zero-order valence-electron chi connectivity index (χ0n) is 10.1. The summed E-state index contributed by atoms with van der Waals surface area (Å²) >= 11 is 3.25. The van der Waals surface area contributed by atoms with Crippen molar-refractivity contribution in [3.05, 3.63) is 39.2 Å². The van der Waals surface area contributed by atoms with Crippen LogP contribution in [-0.2, 0) is 13.0 Å². The van der Waals surface area contributed by atoms with E-state index < -0.39 is 0 Å². The van der Waals surface area contributed by atoms with E-state index in [0.29, 0.717) is 16.7 Å². The number of rotatable bonds is 5. The van der Waals surface area contributed by atoms with Crippen LogP contribution in [0.2, 0.25) is 0 Å². The third-order valence-electron chi connectivity index (χ3n) is 2.46. The van der Waals surface area contributed by atoms with Gasteiger partial charge in [0, 0.05) is 25.4 Å². The molecule has 0 aliphatic heterocycles. The van der Waals surface area contributed by atoms with E-state index in [1.54, 1.807) is 18.6 Å². The standard InChI is InChI=1S/C12H12BrN5O/c1-2-7-18-12(19)11(13)9(8-17-18)14-4-3-10-15-5-6-16-10/h1,5-6,8,14H,3-4,7H2,(H,15,16). The predicted molar refractivity (Wildman–Crippen MR) is 75.8 cm³/mol. The molecule has 0 fully saturated rings. The van der Waals surface area contributed by atoms with E-state index >= 15 is 0 Å². The number of aromatic nitrogens is 4. The van der Waals surface area contributed by atoms with Gasteiger partial charge in [0.2, 0.25) is 0 Å². The lowest BCUT2D eigenvalue weighted by molar-refractivity contribution is 0.659. The zero-order valence-corrected chi connectivity index (χ0v) is 11.6. The highest BCUT2D eigenvalue weighted by atomic mass is 79.9. The minimum absolute atomic E-state index is 0.157. The molecule has 0 aliphatic carbocycles. The Morgan fingerprint density at radius 3 is 3.11 bits per heavy atom. The molecule has 0 aromatic carbocycles. The highest BCUT2D eigenvalue weighted by Crippen LogP contribution is 2.15. The van der Waals surface area contributed by atoms with Crippen molar-refractivity contribution in [3.63, 3.8) is 0 Å². The Bertz CT molecular complexity index is 641. The highest BCUT2D eigenvalue weighted by Gasteiger charge is 2.07. The van der Waals surface area contributed by atoms with E-state index in [0.717, 1.165) is 12.2 Å². The number of H-pyrrole nitrogens is 1. The first-order chi connectivity index (χ1) is 9.22. The first-order valence-corrected chi connectivity index (χ1v) is 6.43. The molecule has 0 bridgehead atoms. The average Bonchev–Trinajstić information content (AvgIpc) is 2.91. The maximum absolute atomic E-state index is 11.9. The smallest absolute Gasteiger partial charge is 0.284 e. The number of halogens is 1. The summed E-state index contributed by atoms with van der Waals surface area (Å²) in [5.41, 5.74) is 0.394. The number of anilines is 1. The lowest BCUT2D eigenvalue weighted by Gasteiger charge is -2.08. The van der Waals surface area contributed by atoms with Crippen LogP contribution in [0.3, 0.4) is 0 Å². The third-order valence-corrected chi connectivity index (χ3v) is 3.22. The van der Waals surface area contributed by atoms with Gasteiger partial charge in [-0.1, -0.05) is 5.92 Å². The fourth-order valence-electron chi connectivity index (χ4n) is 1.54. The summed E-state index contributed by atoms with van der Waals surface area (Å²) < 4.78 is 1.65. The highest BCUT2D eigenvalue weighted by molar-refractivity contribution is 9.10. The van der Waals surface area contributed by atoms with Crippen LogP contribution in [0.5, 0.6) is 0 Å². The van der Waals surface area contributed by atoms with Crippen LogP contribution in [0.25, 0.3) is 0 Å². The molecule has 7 heteroatoms. The zero-order chi connectivity index (χ0) is 13.7. The van der Waals surface area contributed by atoms with Gasteiger partial charge in [0.05, 0.1) is 11.9 Å². The van der Waals surface area contributed by atoms with Crippen molar-refractivity contribution in [1.82, 2.24) is 19.7 Å². The van der Waals surface area contributed by atoms with Gasteiger partial charge in [0.1, 0.15) is 16.8 Å². The Balaban J connectivity index is 2.03. The monoisotopic (exact) mass is 321 g/mol. The quantitative estimate of drug-likeness (QED) is 0.806. The van der Waals surface area contributed by atoms with E-state index in [4.69, 9.17) is 6.42 Å². The van der Waals surface area contributed by atoms with Crippen molar-refractivity contribution >= 4 is 21.6 Å². The molecule has 2 aromatic heterocycles. The molecule has 2 aromatic rings. The van der Waals surface area contributed by atoms with Gasteiger partial charge >= 0.3 is 0 Å². The van der Waals surface area contributed by atoms with Gasteiger partial charge in [0.15, 0.2) is 0 Å². The molecule has 98 valence electrons. The molecule has 6 nitrogen and oxygen atoms in total. The second-order valence-corrected chi connectivity index (χ2v) is 4.54. The largest absolute Gasteiger partial charge is 0.382 e. The second kappa shape index (κ2) is 6.20. The number of aromatic amines is 1. The first-order valence-electron chi connectivity index (χ1n) is 5.63. The fourth-order valence-corrected chi connectivity index (χ4v) is 1.98. The van der Waals surface area contributed by atoms with Crippen molar-refractivity contribution in [3.8, 4) is 12.3 Å². The summed E-state index contributed by atoms with van der Waals surface area (Å²) in [7, 11) is 0. The first kappa shape index (κ1) is 13.4. The van der Waals surface area contributed by atoms with Crippen LogP contribution in [0.1, 0.15) is 5.82 Å². The van der Waals surface area contributed by atoms with Gasteiger partial charge in [-0.3, -0.25) is 4.79 Å². The number of hydrogen-bond donors (Lipinski definition) is 2. The minimum atomic E-state index is -0.249. The van der Waals surface area contributed by atoms with Crippen molar-refractivity contribution in [2.75, 3.05) is 11.9 Å². The lowest BCUT2D eigenvalue weighted by atomic mass is 10.4. The van der Waals surface area contributed by atoms with Crippen molar-refractivity contribution < 1.29 is 0 Å². The van der Waals surface area contributed by atoms with Gasteiger partial charge in [-0.25, -0.2) is 9.67 Å². The molecule has 0 atom stereocenters. The lowest BCUT2D eigenvalue weighted by Crippen LogP contribution is -2.24. The van der Waals surface area contributed by atoms with Gasteiger partial charge in [-0.05, 0) is 15.9 Å². The number of imidazole rings is 1. The molecule has 0 unspecified atom stereocenters. The van der Waals surface area contributed by atoms with Crippen LogP contribution in [0.15, 0.2) is 27.9 Å². The molecule has 0 saturated heterocycles. The predicted octanol–water partition coefficient (Wildman–Crippen LogP) is 1.02. The van der Waals surface area contributed by atoms with Crippen LogP contribution in [0, 0.1) is 12.3 Å². The van der Waals surface area contributed by atoms with E-state index in [1.807, 2.05) is 0 Å². The van der Waals surface area contributed by atoms with Gasteiger partial charge in [-0.2, -0.15) is 5.10 Å². The maximum Gasteiger partial charge on any atom is 0.284 e. The Kier molecular flexibility index (Phi) is 4.36. The number of nitrogens with one attached hydrogen (secondary N) is 2. The van der Waals surface area contributed by atoms with Crippen LogP contribution in [0.4, 0.5) is 5.69 Å².